The Hall–Kier alpha value is -1.25. The fourth-order valence-corrected chi connectivity index (χ4v) is 2.25. The lowest BCUT2D eigenvalue weighted by atomic mass is 10.1. The molecular formula is C15H14Cl2FN. The molecule has 0 bridgehead atoms. The molecular weight excluding hydrogens is 284 g/mol. The molecule has 2 aromatic carbocycles. The van der Waals surface area contributed by atoms with E-state index in [0.717, 1.165) is 22.4 Å². The number of aryl methyl sites for hydroxylation is 2. The van der Waals surface area contributed by atoms with E-state index in [9.17, 15) is 4.39 Å². The molecule has 0 atom stereocenters. The van der Waals surface area contributed by atoms with Crippen LogP contribution in [0.2, 0.25) is 10.0 Å². The molecule has 0 aliphatic carbocycles. The SMILES string of the molecule is Cc1cc(Cl)c(NCc2cc(F)ccc2C)cc1Cl. The van der Waals surface area contributed by atoms with Gasteiger partial charge in [-0.25, -0.2) is 4.39 Å². The smallest absolute Gasteiger partial charge is 0.123 e. The predicted molar refractivity (Wildman–Crippen MR) is 79.7 cm³/mol. The minimum Gasteiger partial charge on any atom is -0.380 e. The third-order valence-corrected chi connectivity index (χ3v) is 3.75. The molecule has 1 N–H and O–H groups in total. The Kier molecular flexibility index (Phi) is 4.33. The van der Waals surface area contributed by atoms with Crippen molar-refractivity contribution in [3.05, 3.63) is 62.9 Å². The fraction of sp³-hybridized carbons (Fsp3) is 0.200. The van der Waals surface area contributed by atoms with E-state index in [2.05, 4.69) is 5.32 Å². The third-order valence-electron chi connectivity index (χ3n) is 3.03. The summed E-state index contributed by atoms with van der Waals surface area (Å²) in [5.74, 6) is -0.240. The van der Waals surface area contributed by atoms with Crippen molar-refractivity contribution < 1.29 is 4.39 Å². The molecule has 0 spiro atoms. The number of benzene rings is 2. The lowest BCUT2D eigenvalue weighted by Crippen LogP contribution is -2.02. The van der Waals surface area contributed by atoms with Crippen LogP contribution < -0.4 is 5.32 Å². The van der Waals surface area contributed by atoms with Crippen LogP contribution in [0.15, 0.2) is 30.3 Å². The van der Waals surface area contributed by atoms with Crippen molar-refractivity contribution >= 4 is 28.9 Å². The Bertz CT molecular complexity index is 611. The molecule has 0 aromatic heterocycles. The highest BCUT2D eigenvalue weighted by molar-refractivity contribution is 6.35. The summed E-state index contributed by atoms with van der Waals surface area (Å²) < 4.78 is 13.2. The van der Waals surface area contributed by atoms with Crippen LogP contribution in [0.4, 0.5) is 10.1 Å². The van der Waals surface area contributed by atoms with Crippen molar-refractivity contribution in [2.45, 2.75) is 20.4 Å². The maximum atomic E-state index is 13.2. The molecule has 0 saturated heterocycles. The van der Waals surface area contributed by atoms with Gasteiger partial charge in [0.1, 0.15) is 5.82 Å². The Balaban J connectivity index is 2.19. The molecule has 100 valence electrons. The van der Waals surface area contributed by atoms with Crippen LogP contribution in [-0.4, -0.2) is 0 Å². The standard InChI is InChI=1S/C15H14Cl2FN/c1-9-3-4-12(18)6-11(9)8-19-15-7-13(16)10(2)5-14(15)17/h3-7,19H,8H2,1-2H3. The van der Waals surface area contributed by atoms with Crippen LogP contribution in [0.3, 0.4) is 0 Å². The van der Waals surface area contributed by atoms with E-state index in [0.29, 0.717) is 16.6 Å². The number of hydrogen-bond acceptors (Lipinski definition) is 1. The maximum absolute atomic E-state index is 13.2. The van der Waals surface area contributed by atoms with E-state index >= 15 is 0 Å². The molecule has 0 aliphatic heterocycles. The molecule has 0 amide bonds. The average Bonchev–Trinajstić information content (AvgIpc) is 2.36. The monoisotopic (exact) mass is 297 g/mol. The van der Waals surface area contributed by atoms with Crippen LogP contribution in [0.1, 0.15) is 16.7 Å². The van der Waals surface area contributed by atoms with E-state index in [-0.39, 0.29) is 5.82 Å². The molecule has 0 unspecified atom stereocenters. The van der Waals surface area contributed by atoms with E-state index in [1.807, 2.05) is 19.9 Å². The van der Waals surface area contributed by atoms with Crippen LogP contribution in [0.5, 0.6) is 0 Å². The summed E-state index contributed by atoms with van der Waals surface area (Å²) in [5, 5.41) is 4.45. The number of rotatable bonds is 3. The molecule has 2 aromatic rings. The summed E-state index contributed by atoms with van der Waals surface area (Å²) in [5.41, 5.74) is 3.61. The van der Waals surface area contributed by atoms with Crippen molar-refractivity contribution in [3.63, 3.8) is 0 Å². The number of halogens is 3. The molecule has 0 saturated carbocycles. The highest BCUT2D eigenvalue weighted by Crippen LogP contribution is 2.29. The second-order valence-electron chi connectivity index (χ2n) is 4.51. The van der Waals surface area contributed by atoms with Crippen LogP contribution in [-0.2, 0) is 6.54 Å². The van der Waals surface area contributed by atoms with Crippen molar-refractivity contribution in [1.82, 2.24) is 0 Å². The maximum Gasteiger partial charge on any atom is 0.123 e. The second kappa shape index (κ2) is 5.81. The third kappa shape index (κ3) is 3.40. The normalized spacial score (nSPS) is 10.6. The lowest BCUT2D eigenvalue weighted by molar-refractivity contribution is 0.625. The van der Waals surface area contributed by atoms with Crippen molar-refractivity contribution in [2.75, 3.05) is 5.32 Å². The minimum absolute atomic E-state index is 0.240. The van der Waals surface area contributed by atoms with Crippen molar-refractivity contribution in [1.29, 1.82) is 0 Å². The topological polar surface area (TPSA) is 12.0 Å². The molecule has 0 fully saturated rings. The van der Waals surface area contributed by atoms with Gasteiger partial charge >= 0.3 is 0 Å². The highest BCUT2D eigenvalue weighted by Gasteiger charge is 2.06. The van der Waals surface area contributed by atoms with Gasteiger partial charge in [0.05, 0.1) is 10.7 Å². The molecule has 19 heavy (non-hydrogen) atoms. The summed E-state index contributed by atoms with van der Waals surface area (Å²) in [6, 6.07) is 8.33. The van der Waals surface area contributed by atoms with Gasteiger partial charge in [0.15, 0.2) is 0 Å². The molecule has 4 heteroatoms. The molecule has 1 nitrogen and oxygen atoms in total. The number of nitrogens with one attached hydrogen (secondary N) is 1. The van der Waals surface area contributed by atoms with Gasteiger partial charge < -0.3 is 5.32 Å². The number of hydrogen-bond donors (Lipinski definition) is 1. The largest absolute Gasteiger partial charge is 0.380 e. The first-order valence-electron chi connectivity index (χ1n) is 5.92. The Morgan fingerprint density at radius 1 is 1.00 bits per heavy atom. The zero-order valence-electron chi connectivity index (χ0n) is 10.7. The van der Waals surface area contributed by atoms with Crippen LogP contribution in [0.25, 0.3) is 0 Å². The van der Waals surface area contributed by atoms with Gasteiger partial charge in [0.25, 0.3) is 0 Å². The zero-order chi connectivity index (χ0) is 14.0. The van der Waals surface area contributed by atoms with Crippen LogP contribution in [0, 0.1) is 19.7 Å². The van der Waals surface area contributed by atoms with Gasteiger partial charge in [-0.15, -0.1) is 0 Å². The number of anilines is 1. The molecule has 0 aliphatic rings. The van der Waals surface area contributed by atoms with E-state index in [1.165, 1.54) is 12.1 Å². The van der Waals surface area contributed by atoms with E-state index < -0.39 is 0 Å². The first kappa shape index (κ1) is 14.2. The lowest BCUT2D eigenvalue weighted by Gasteiger charge is -2.12. The Labute approximate surface area is 122 Å². The average molecular weight is 298 g/mol. The summed E-state index contributed by atoms with van der Waals surface area (Å²) in [6.45, 7) is 4.34. The van der Waals surface area contributed by atoms with Crippen molar-refractivity contribution in [2.24, 2.45) is 0 Å². The molecule has 2 rings (SSSR count). The second-order valence-corrected chi connectivity index (χ2v) is 5.32. The predicted octanol–water partition coefficient (Wildman–Crippen LogP) is 5.36. The molecule has 0 heterocycles. The summed E-state index contributed by atoms with van der Waals surface area (Å²) in [6.07, 6.45) is 0. The van der Waals surface area contributed by atoms with Gasteiger partial charge in [0.2, 0.25) is 0 Å². The first-order valence-corrected chi connectivity index (χ1v) is 6.67. The van der Waals surface area contributed by atoms with E-state index in [4.69, 9.17) is 23.2 Å². The fourth-order valence-electron chi connectivity index (χ4n) is 1.80. The zero-order valence-corrected chi connectivity index (χ0v) is 12.2. The first-order chi connectivity index (χ1) is 8.97. The van der Waals surface area contributed by atoms with Gasteiger partial charge in [0, 0.05) is 11.6 Å². The highest BCUT2D eigenvalue weighted by atomic mass is 35.5. The molecule has 0 radical (unpaired) electrons. The Morgan fingerprint density at radius 2 is 1.74 bits per heavy atom. The van der Waals surface area contributed by atoms with Gasteiger partial charge in [-0.05, 0) is 54.8 Å². The summed E-state index contributed by atoms with van der Waals surface area (Å²) in [4.78, 5) is 0. The van der Waals surface area contributed by atoms with E-state index in [1.54, 1.807) is 12.1 Å². The van der Waals surface area contributed by atoms with Gasteiger partial charge in [-0.3, -0.25) is 0 Å². The van der Waals surface area contributed by atoms with Crippen LogP contribution >= 0.6 is 23.2 Å². The van der Waals surface area contributed by atoms with Crippen molar-refractivity contribution in [3.8, 4) is 0 Å². The summed E-state index contributed by atoms with van der Waals surface area (Å²) >= 11 is 12.2. The van der Waals surface area contributed by atoms with Gasteiger partial charge in [-0.1, -0.05) is 29.3 Å². The Morgan fingerprint density at radius 3 is 2.47 bits per heavy atom. The summed E-state index contributed by atoms with van der Waals surface area (Å²) in [7, 11) is 0. The minimum atomic E-state index is -0.240. The van der Waals surface area contributed by atoms with Gasteiger partial charge in [-0.2, -0.15) is 0 Å². The quantitative estimate of drug-likeness (QED) is 0.804.